The van der Waals surface area contributed by atoms with E-state index in [1.807, 2.05) is 35.8 Å². The van der Waals surface area contributed by atoms with Crippen LogP contribution in [-0.2, 0) is 0 Å². The van der Waals surface area contributed by atoms with E-state index >= 15 is 0 Å². The van der Waals surface area contributed by atoms with E-state index in [-0.39, 0.29) is 0 Å². The van der Waals surface area contributed by atoms with E-state index in [0.29, 0.717) is 6.04 Å². The normalized spacial score (nSPS) is 16.0. The summed E-state index contributed by atoms with van der Waals surface area (Å²) >= 11 is 0. The Balaban J connectivity index is 1.40. The van der Waals surface area contributed by atoms with E-state index in [2.05, 4.69) is 30.3 Å². The van der Waals surface area contributed by atoms with Crippen molar-refractivity contribution in [2.45, 2.75) is 25.8 Å². The molecule has 1 aliphatic rings. The Morgan fingerprint density at radius 3 is 2.83 bits per heavy atom. The second-order valence-electron chi connectivity index (χ2n) is 5.87. The molecule has 0 aromatic carbocycles. The van der Waals surface area contributed by atoms with Gasteiger partial charge in [0.2, 0.25) is 0 Å². The van der Waals surface area contributed by atoms with Crippen molar-refractivity contribution in [3.8, 4) is 0 Å². The van der Waals surface area contributed by atoms with Crippen LogP contribution in [0.1, 0.15) is 18.5 Å². The van der Waals surface area contributed by atoms with Crippen molar-refractivity contribution in [2.24, 2.45) is 0 Å². The Kier molecular flexibility index (Phi) is 3.53. The van der Waals surface area contributed by atoms with Gasteiger partial charge in [0.15, 0.2) is 5.65 Å². The van der Waals surface area contributed by atoms with Crippen LogP contribution in [0.15, 0.2) is 36.9 Å². The molecular weight excluding hydrogens is 290 g/mol. The summed E-state index contributed by atoms with van der Waals surface area (Å²) < 4.78 is 1.82. The predicted octanol–water partition coefficient (Wildman–Crippen LogP) is 1.91. The maximum absolute atomic E-state index is 4.62. The minimum atomic E-state index is 0.442. The van der Waals surface area contributed by atoms with Gasteiger partial charge in [-0.25, -0.2) is 19.5 Å². The van der Waals surface area contributed by atoms with Crippen LogP contribution < -0.4 is 10.2 Å². The molecule has 0 saturated carbocycles. The lowest BCUT2D eigenvalue weighted by molar-refractivity contribution is 0.520. The molecule has 0 atom stereocenters. The SMILES string of the molecule is Cc1cc(NC2CCN(c3ccc4nccn4n3)CC2)ncn1. The molecule has 0 radical (unpaired) electrons. The quantitative estimate of drug-likeness (QED) is 0.797. The van der Waals surface area contributed by atoms with Gasteiger partial charge in [0.05, 0.1) is 0 Å². The second-order valence-corrected chi connectivity index (χ2v) is 5.87. The first-order valence-electron chi connectivity index (χ1n) is 7.88. The molecule has 1 saturated heterocycles. The van der Waals surface area contributed by atoms with Crippen molar-refractivity contribution in [2.75, 3.05) is 23.3 Å². The molecule has 0 unspecified atom stereocenters. The summed E-state index contributed by atoms with van der Waals surface area (Å²) in [6.07, 6.45) is 7.38. The predicted molar refractivity (Wildman–Crippen MR) is 88.6 cm³/mol. The van der Waals surface area contributed by atoms with Crippen LogP contribution in [0.25, 0.3) is 5.65 Å². The van der Waals surface area contributed by atoms with E-state index in [9.17, 15) is 0 Å². The highest BCUT2D eigenvalue weighted by Crippen LogP contribution is 2.20. The van der Waals surface area contributed by atoms with Gasteiger partial charge >= 0.3 is 0 Å². The highest BCUT2D eigenvalue weighted by atomic mass is 15.3. The molecule has 7 nitrogen and oxygen atoms in total. The van der Waals surface area contributed by atoms with E-state index < -0.39 is 0 Å². The van der Waals surface area contributed by atoms with Crippen molar-refractivity contribution in [1.29, 1.82) is 0 Å². The number of hydrogen-bond donors (Lipinski definition) is 1. The van der Waals surface area contributed by atoms with Gasteiger partial charge < -0.3 is 10.2 Å². The Labute approximate surface area is 134 Å². The lowest BCUT2D eigenvalue weighted by Crippen LogP contribution is -2.39. The third kappa shape index (κ3) is 2.94. The molecule has 0 spiro atoms. The van der Waals surface area contributed by atoms with Crippen molar-refractivity contribution in [3.63, 3.8) is 0 Å². The van der Waals surface area contributed by atoms with Crippen LogP contribution in [0.5, 0.6) is 0 Å². The van der Waals surface area contributed by atoms with E-state index in [1.54, 1.807) is 12.5 Å². The molecular formula is C16H19N7. The van der Waals surface area contributed by atoms with Crippen LogP contribution in [0.3, 0.4) is 0 Å². The molecule has 1 aliphatic heterocycles. The largest absolute Gasteiger partial charge is 0.367 e. The van der Waals surface area contributed by atoms with Crippen LogP contribution in [0, 0.1) is 6.92 Å². The average molecular weight is 309 g/mol. The van der Waals surface area contributed by atoms with Gasteiger partial charge in [0, 0.05) is 43.3 Å². The van der Waals surface area contributed by atoms with Crippen molar-refractivity contribution in [1.82, 2.24) is 24.6 Å². The Morgan fingerprint density at radius 1 is 1.13 bits per heavy atom. The Bertz CT molecular complexity index is 805. The first-order chi connectivity index (χ1) is 11.3. The highest BCUT2D eigenvalue weighted by molar-refractivity contribution is 5.46. The molecule has 4 rings (SSSR count). The zero-order chi connectivity index (χ0) is 15.6. The maximum atomic E-state index is 4.62. The number of imidazole rings is 1. The Morgan fingerprint density at radius 2 is 2.00 bits per heavy atom. The molecule has 1 fully saturated rings. The van der Waals surface area contributed by atoms with Gasteiger partial charge in [0.1, 0.15) is 18.0 Å². The fourth-order valence-electron chi connectivity index (χ4n) is 2.97. The minimum Gasteiger partial charge on any atom is -0.367 e. The number of anilines is 2. The van der Waals surface area contributed by atoms with Gasteiger partial charge in [-0.15, -0.1) is 5.10 Å². The van der Waals surface area contributed by atoms with Gasteiger partial charge in [-0.05, 0) is 31.9 Å². The number of hydrogen-bond acceptors (Lipinski definition) is 6. The molecule has 118 valence electrons. The number of fused-ring (bicyclic) bond motifs is 1. The minimum absolute atomic E-state index is 0.442. The zero-order valence-corrected chi connectivity index (χ0v) is 13.1. The van der Waals surface area contributed by atoms with E-state index in [4.69, 9.17) is 0 Å². The van der Waals surface area contributed by atoms with Gasteiger partial charge in [-0.2, -0.15) is 0 Å². The first-order valence-corrected chi connectivity index (χ1v) is 7.88. The average Bonchev–Trinajstić information content (AvgIpc) is 3.03. The second kappa shape index (κ2) is 5.83. The number of nitrogens with one attached hydrogen (secondary N) is 1. The van der Waals surface area contributed by atoms with Gasteiger partial charge in [0.25, 0.3) is 0 Å². The molecule has 3 aromatic rings. The number of aryl methyl sites for hydroxylation is 1. The topological polar surface area (TPSA) is 71.2 Å². The molecule has 3 aromatic heterocycles. The monoisotopic (exact) mass is 309 g/mol. The zero-order valence-electron chi connectivity index (χ0n) is 13.1. The lowest BCUT2D eigenvalue weighted by Gasteiger charge is -2.33. The summed E-state index contributed by atoms with van der Waals surface area (Å²) in [5.41, 5.74) is 1.86. The number of nitrogens with zero attached hydrogens (tertiary/aromatic N) is 6. The Hall–Kier alpha value is -2.70. The lowest BCUT2D eigenvalue weighted by atomic mass is 10.1. The summed E-state index contributed by atoms with van der Waals surface area (Å²) in [6, 6.07) is 6.48. The summed E-state index contributed by atoms with van der Waals surface area (Å²) in [4.78, 5) is 15.0. The summed E-state index contributed by atoms with van der Waals surface area (Å²) in [7, 11) is 0. The molecule has 0 bridgehead atoms. The fraction of sp³-hybridized carbons (Fsp3) is 0.375. The standard InChI is InChI=1S/C16H19N7/c1-12-10-14(19-11-18-12)20-13-4-7-22(8-5-13)16-3-2-15-17-6-9-23(15)21-16/h2-3,6,9-11,13H,4-5,7-8H2,1H3,(H,18,19,20). The van der Waals surface area contributed by atoms with Crippen molar-refractivity contribution in [3.05, 3.63) is 42.6 Å². The van der Waals surface area contributed by atoms with Crippen LogP contribution in [0.2, 0.25) is 0 Å². The van der Waals surface area contributed by atoms with Crippen molar-refractivity contribution < 1.29 is 0 Å². The number of aromatic nitrogens is 5. The smallest absolute Gasteiger partial charge is 0.153 e. The van der Waals surface area contributed by atoms with E-state index in [1.165, 1.54) is 0 Å². The summed E-state index contributed by atoms with van der Waals surface area (Å²) in [6.45, 7) is 3.94. The fourth-order valence-corrected chi connectivity index (χ4v) is 2.97. The third-order valence-electron chi connectivity index (χ3n) is 4.22. The maximum Gasteiger partial charge on any atom is 0.153 e. The number of rotatable bonds is 3. The summed E-state index contributed by atoms with van der Waals surface area (Å²) in [5.74, 6) is 1.92. The molecule has 1 N–H and O–H groups in total. The molecule has 23 heavy (non-hydrogen) atoms. The van der Waals surface area contributed by atoms with E-state index in [0.717, 1.165) is 48.9 Å². The number of piperidine rings is 1. The third-order valence-corrected chi connectivity index (χ3v) is 4.22. The molecule has 4 heterocycles. The van der Waals surface area contributed by atoms with Crippen molar-refractivity contribution >= 4 is 17.3 Å². The first kappa shape index (κ1) is 13.9. The van der Waals surface area contributed by atoms with Crippen LogP contribution >= 0.6 is 0 Å². The van der Waals surface area contributed by atoms with Gasteiger partial charge in [-0.3, -0.25) is 0 Å². The summed E-state index contributed by atoms with van der Waals surface area (Å²) in [5, 5.41) is 8.12. The highest BCUT2D eigenvalue weighted by Gasteiger charge is 2.20. The van der Waals surface area contributed by atoms with Gasteiger partial charge in [-0.1, -0.05) is 0 Å². The molecule has 0 amide bonds. The van der Waals surface area contributed by atoms with Crippen LogP contribution in [0.4, 0.5) is 11.6 Å². The molecule has 0 aliphatic carbocycles. The molecule has 7 heteroatoms. The van der Waals surface area contributed by atoms with Crippen LogP contribution in [-0.4, -0.2) is 43.7 Å².